The molecular weight excluding hydrogens is 434 g/mol. The molecule has 1 aromatic carbocycles. The molecule has 5 heterocycles. The minimum atomic E-state index is -0.224. The number of anilines is 1. The Balaban J connectivity index is 1.54. The molecule has 1 aliphatic heterocycles. The molecule has 0 bridgehead atoms. The van der Waals surface area contributed by atoms with Crippen LogP contribution in [0.5, 0.6) is 0 Å². The van der Waals surface area contributed by atoms with Crippen LogP contribution in [0.2, 0.25) is 0 Å². The van der Waals surface area contributed by atoms with Gasteiger partial charge in [0.25, 0.3) is 0 Å². The topological polar surface area (TPSA) is 101 Å². The number of benzene rings is 1. The average molecular weight is 452 g/mol. The van der Waals surface area contributed by atoms with Crippen molar-refractivity contribution in [2.75, 3.05) is 10.7 Å². The van der Waals surface area contributed by atoms with Crippen LogP contribution in [0.25, 0.3) is 33.4 Å². The van der Waals surface area contributed by atoms with Gasteiger partial charge in [0.2, 0.25) is 11.9 Å². The van der Waals surface area contributed by atoms with Crippen LogP contribution in [0.15, 0.2) is 79.8 Å². The number of amides is 1. The summed E-state index contributed by atoms with van der Waals surface area (Å²) in [5.41, 5.74) is 5.05. The number of nitrogens with one attached hydrogen (secondary N) is 1. The number of hydrogen-bond acceptors (Lipinski definition) is 7. The van der Waals surface area contributed by atoms with Gasteiger partial charge in [0.05, 0.1) is 17.1 Å². The van der Waals surface area contributed by atoms with Gasteiger partial charge >= 0.3 is 0 Å². The molecule has 0 radical (unpaired) electrons. The summed E-state index contributed by atoms with van der Waals surface area (Å²) in [7, 11) is 0. The van der Waals surface area contributed by atoms with Crippen LogP contribution in [0.1, 0.15) is 10.9 Å². The van der Waals surface area contributed by atoms with E-state index in [4.69, 9.17) is 9.97 Å². The van der Waals surface area contributed by atoms with E-state index in [1.54, 1.807) is 41.4 Å². The summed E-state index contributed by atoms with van der Waals surface area (Å²) < 4.78 is 0. The summed E-state index contributed by atoms with van der Waals surface area (Å²) in [4.78, 5) is 40.0. The van der Waals surface area contributed by atoms with E-state index in [2.05, 4.69) is 19.9 Å². The Morgan fingerprint density at radius 3 is 2.61 bits per heavy atom. The number of pyridine rings is 1. The van der Waals surface area contributed by atoms with Crippen molar-refractivity contribution in [1.82, 2.24) is 29.9 Å². The highest BCUT2D eigenvalue weighted by molar-refractivity contribution is 8.00. The third-order valence-electron chi connectivity index (χ3n) is 5.51. The number of aromatic amines is 1. The minimum absolute atomic E-state index is 0.0341. The van der Waals surface area contributed by atoms with Crippen molar-refractivity contribution < 1.29 is 4.79 Å². The van der Waals surface area contributed by atoms with Crippen LogP contribution in [0.3, 0.4) is 0 Å². The summed E-state index contributed by atoms with van der Waals surface area (Å²) in [6.07, 6.45) is 10.3. The van der Waals surface area contributed by atoms with Gasteiger partial charge in [0.1, 0.15) is 11.7 Å². The van der Waals surface area contributed by atoms with Crippen LogP contribution >= 0.6 is 11.8 Å². The molecule has 1 unspecified atom stereocenters. The smallest absolute Gasteiger partial charge is 0.240 e. The van der Waals surface area contributed by atoms with Crippen LogP contribution in [-0.2, 0) is 4.79 Å². The monoisotopic (exact) mass is 451 g/mol. The van der Waals surface area contributed by atoms with E-state index < -0.39 is 0 Å². The number of fused-ring (bicyclic) bond motifs is 1. The maximum absolute atomic E-state index is 13.0. The lowest BCUT2D eigenvalue weighted by Gasteiger charge is -2.23. The van der Waals surface area contributed by atoms with Gasteiger partial charge in [0.15, 0.2) is 0 Å². The molecule has 6 rings (SSSR count). The predicted octanol–water partition coefficient (Wildman–Crippen LogP) is 4.26. The third kappa shape index (κ3) is 3.52. The van der Waals surface area contributed by atoms with E-state index in [0.717, 1.165) is 33.3 Å². The van der Waals surface area contributed by atoms with Crippen LogP contribution in [-0.4, -0.2) is 41.6 Å². The molecule has 0 aliphatic carbocycles. The van der Waals surface area contributed by atoms with Gasteiger partial charge in [0, 0.05) is 53.0 Å². The van der Waals surface area contributed by atoms with Crippen molar-refractivity contribution in [3.63, 3.8) is 0 Å². The van der Waals surface area contributed by atoms with Crippen molar-refractivity contribution in [2.24, 2.45) is 0 Å². The van der Waals surface area contributed by atoms with E-state index in [1.807, 2.05) is 48.7 Å². The van der Waals surface area contributed by atoms with E-state index in [0.29, 0.717) is 17.4 Å². The number of carbonyl (C=O) groups is 1. The van der Waals surface area contributed by atoms with Gasteiger partial charge < -0.3 is 4.98 Å². The molecular formula is C24H17N7OS. The zero-order valence-corrected chi connectivity index (χ0v) is 18.1. The Bertz CT molecular complexity index is 1460. The predicted molar refractivity (Wildman–Crippen MR) is 127 cm³/mol. The number of thioether (sulfide) groups is 1. The summed E-state index contributed by atoms with van der Waals surface area (Å²) >= 11 is 1.55. The van der Waals surface area contributed by atoms with E-state index >= 15 is 0 Å². The molecule has 160 valence electrons. The molecule has 1 atom stereocenters. The van der Waals surface area contributed by atoms with Crippen molar-refractivity contribution in [3.05, 3.63) is 85.3 Å². The van der Waals surface area contributed by atoms with Crippen molar-refractivity contribution in [3.8, 4) is 22.5 Å². The number of rotatable bonds is 4. The number of aromatic nitrogens is 6. The van der Waals surface area contributed by atoms with Gasteiger partial charge in [-0.1, -0.05) is 18.2 Å². The largest absolute Gasteiger partial charge is 0.360 e. The number of carbonyl (C=O) groups excluding carboxylic acids is 1. The number of H-pyrrole nitrogens is 1. The number of hydrogen-bond donors (Lipinski definition) is 1. The molecule has 1 N–H and O–H groups in total. The van der Waals surface area contributed by atoms with Crippen LogP contribution in [0, 0.1) is 0 Å². The van der Waals surface area contributed by atoms with Gasteiger partial charge in [-0.25, -0.2) is 19.9 Å². The first-order valence-corrected chi connectivity index (χ1v) is 11.4. The molecule has 1 saturated heterocycles. The quantitative estimate of drug-likeness (QED) is 0.436. The lowest BCUT2D eigenvalue weighted by atomic mass is 10.1. The normalized spacial score (nSPS) is 15.9. The second kappa shape index (κ2) is 8.10. The van der Waals surface area contributed by atoms with Gasteiger partial charge in [-0.05, 0) is 29.8 Å². The average Bonchev–Trinajstić information content (AvgIpc) is 3.48. The molecule has 33 heavy (non-hydrogen) atoms. The number of para-hydroxylation sites is 1. The third-order valence-corrected chi connectivity index (χ3v) is 6.72. The fourth-order valence-corrected chi connectivity index (χ4v) is 5.11. The first-order chi connectivity index (χ1) is 16.3. The van der Waals surface area contributed by atoms with Gasteiger partial charge in [-0.3, -0.25) is 14.7 Å². The first kappa shape index (κ1) is 19.6. The van der Waals surface area contributed by atoms with Gasteiger partial charge in [-0.2, -0.15) is 0 Å². The van der Waals surface area contributed by atoms with Crippen LogP contribution in [0.4, 0.5) is 5.95 Å². The fraction of sp³-hybridized carbons (Fsp3) is 0.0833. The summed E-state index contributed by atoms with van der Waals surface area (Å²) in [5.74, 6) is 0.679. The SMILES string of the molecule is O=C1CSC(c2ccncc2)N1c1nc(-c2cncnc2)cc(-c2c[nH]c3ccccc23)n1. The summed E-state index contributed by atoms with van der Waals surface area (Å²) in [6.45, 7) is 0. The molecule has 9 heteroatoms. The van der Waals surface area contributed by atoms with Crippen LogP contribution < -0.4 is 4.90 Å². The summed E-state index contributed by atoms with van der Waals surface area (Å²) in [6, 6.07) is 13.8. The molecule has 1 fully saturated rings. The summed E-state index contributed by atoms with van der Waals surface area (Å²) in [5, 5.41) is 0.823. The highest BCUT2D eigenvalue weighted by atomic mass is 32.2. The molecule has 8 nitrogen and oxygen atoms in total. The lowest BCUT2D eigenvalue weighted by Crippen LogP contribution is -2.30. The first-order valence-electron chi connectivity index (χ1n) is 10.3. The minimum Gasteiger partial charge on any atom is -0.360 e. The zero-order chi connectivity index (χ0) is 22.2. The maximum atomic E-state index is 13.0. The fourth-order valence-electron chi connectivity index (χ4n) is 3.96. The molecule has 0 saturated carbocycles. The van der Waals surface area contributed by atoms with Crippen molar-refractivity contribution >= 4 is 34.5 Å². The van der Waals surface area contributed by atoms with E-state index in [-0.39, 0.29) is 11.3 Å². The zero-order valence-electron chi connectivity index (χ0n) is 17.3. The maximum Gasteiger partial charge on any atom is 0.240 e. The Kier molecular flexibility index (Phi) is 4.80. The number of nitrogens with zero attached hydrogens (tertiary/aromatic N) is 6. The Morgan fingerprint density at radius 2 is 1.76 bits per heavy atom. The Hall–Kier alpha value is -4.11. The molecule has 1 aliphatic rings. The molecule has 0 spiro atoms. The highest BCUT2D eigenvalue weighted by Crippen LogP contribution is 2.41. The second-order valence-corrected chi connectivity index (χ2v) is 8.59. The van der Waals surface area contributed by atoms with Crippen molar-refractivity contribution in [2.45, 2.75) is 5.37 Å². The Labute approximate surface area is 193 Å². The molecule has 5 aromatic rings. The van der Waals surface area contributed by atoms with E-state index in [9.17, 15) is 4.79 Å². The Morgan fingerprint density at radius 1 is 0.970 bits per heavy atom. The second-order valence-electron chi connectivity index (χ2n) is 7.52. The van der Waals surface area contributed by atoms with Gasteiger partial charge in [-0.15, -0.1) is 11.8 Å². The molecule has 1 amide bonds. The van der Waals surface area contributed by atoms with Crippen molar-refractivity contribution in [1.29, 1.82) is 0 Å². The lowest BCUT2D eigenvalue weighted by molar-refractivity contribution is -0.115. The standard InChI is InChI=1S/C24H17N7OS/c32-22-13-33-23(15-5-7-25-8-6-15)31(22)24-29-20(16-10-26-14-27-11-16)9-21(30-24)18-12-28-19-4-2-1-3-17(18)19/h1-12,14,23,28H,13H2. The molecule has 4 aromatic heterocycles. The van der Waals surface area contributed by atoms with E-state index in [1.165, 1.54) is 6.33 Å². The highest BCUT2D eigenvalue weighted by Gasteiger charge is 2.36.